The lowest BCUT2D eigenvalue weighted by Crippen LogP contribution is -2.16. The van der Waals surface area contributed by atoms with Crippen LogP contribution in [0.5, 0.6) is 0 Å². The molecule has 3 aromatic rings. The summed E-state index contributed by atoms with van der Waals surface area (Å²) >= 11 is 8.54. The number of amides is 1. The van der Waals surface area contributed by atoms with Crippen LogP contribution in [0.4, 0.5) is 5.00 Å². The molecule has 0 spiro atoms. The zero-order valence-electron chi connectivity index (χ0n) is 17.9. The van der Waals surface area contributed by atoms with Gasteiger partial charge in [0, 0.05) is 32.8 Å². The Labute approximate surface area is 203 Å². The first-order chi connectivity index (χ1) is 15.8. The number of carbonyl (C=O) groups excluding carboxylic acids is 3. The van der Waals surface area contributed by atoms with Crippen molar-refractivity contribution in [3.8, 4) is 17.2 Å². The maximum atomic E-state index is 12.7. The predicted molar refractivity (Wildman–Crippen MR) is 129 cm³/mol. The Hall–Kier alpha value is -3.19. The van der Waals surface area contributed by atoms with E-state index in [0.29, 0.717) is 37.4 Å². The summed E-state index contributed by atoms with van der Waals surface area (Å²) in [6.07, 6.45) is 0. The van der Waals surface area contributed by atoms with E-state index in [4.69, 9.17) is 16.3 Å². The lowest BCUT2D eigenvalue weighted by molar-refractivity contribution is -0.113. The van der Waals surface area contributed by atoms with Crippen molar-refractivity contribution in [3.63, 3.8) is 0 Å². The summed E-state index contributed by atoms with van der Waals surface area (Å²) < 4.78 is 4.92. The smallest absolute Gasteiger partial charge is 0.341 e. The van der Waals surface area contributed by atoms with Gasteiger partial charge in [-0.1, -0.05) is 41.6 Å². The molecular formula is C23H18ClN3O4S2. The topological polar surface area (TPSA) is 109 Å². The second kappa shape index (κ2) is 10.6. The van der Waals surface area contributed by atoms with Crippen molar-refractivity contribution >= 4 is 57.4 Å². The number of aryl methyl sites for hydroxylation is 1. The number of anilines is 1. The predicted octanol–water partition coefficient (Wildman–Crippen LogP) is 5.36. The van der Waals surface area contributed by atoms with E-state index in [1.54, 1.807) is 36.6 Å². The van der Waals surface area contributed by atoms with E-state index in [9.17, 15) is 19.6 Å². The van der Waals surface area contributed by atoms with E-state index < -0.39 is 11.9 Å². The number of nitrogens with zero attached hydrogens (tertiary/aromatic N) is 2. The molecule has 2 heterocycles. The molecule has 0 bridgehead atoms. The Morgan fingerprint density at radius 2 is 2.00 bits per heavy atom. The van der Waals surface area contributed by atoms with Crippen LogP contribution < -0.4 is 5.32 Å². The number of nitriles is 1. The van der Waals surface area contributed by atoms with E-state index in [0.717, 1.165) is 11.8 Å². The molecule has 0 aliphatic rings. The molecule has 168 valence electrons. The van der Waals surface area contributed by atoms with E-state index in [1.807, 2.05) is 6.07 Å². The number of halogens is 1. The molecule has 2 aromatic heterocycles. The molecule has 0 saturated carbocycles. The second-order valence-corrected chi connectivity index (χ2v) is 9.05. The van der Waals surface area contributed by atoms with Gasteiger partial charge in [-0.25, -0.2) is 9.78 Å². The van der Waals surface area contributed by atoms with Gasteiger partial charge in [0.1, 0.15) is 21.7 Å². The van der Waals surface area contributed by atoms with Crippen LogP contribution in [0, 0.1) is 18.3 Å². The molecule has 0 fully saturated rings. The van der Waals surface area contributed by atoms with Gasteiger partial charge in [0.05, 0.1) is 18.4 Å². The van der Waals surface area contributed by atoms with Gasteiger partial charge in [0.2, 0.25) is 5.91 Å². The van der Waals surface area contributed by atoms with Crippen molar-refractivity contribution in [3.05, 3.63) is 63.1 Å². The zero-order valence-corrected chi connectivity index (χ0v) is 20.3. The van der Waals surface area contributed by atoms with E-state index in [2.05, 4.69) is 10.3 Å². The lowest BCUT2D eigenvalue weighted by Gasteiger charge is -2.10. The van der Waals surface area contributed by atoms with Crippen LogP contribution in [0.3, 0.4) is 0 Å². The molecule has 0 radical (unpaired) electrons. The minimum Gasteiger partial charge on any atom is -0.465 e. The number of esters is 1. The third kappa shape index (κ3) is 5.42. The normalized spacial score (nSPS) is 10.4. The highest BCUT2D eigenvalue weighted by molar-refractivity contribution is 8.00. The van der Waals surface area contributed by atoms with Crippen LogP contribution in [0.15, 0.2) is 40.7 Å². The van der Waals surface area contributed by atoms with Gasteiger partial charge in [0.15, 0.2) is 5.78 Å². The minimum atomic E-state index is -0.599. The van der Waals surface area contributed by atoms with Crippen LogP contribution in [0.2, 0.25) is 5.02 Å². The molecule has 0 unspecified atom stereocenters. The monoisotopic (exact) mass is 499 g/mol. The van der Waals surface area contributed by atoms with Gasteiger partial charge in [-0.2, -0.15) is 5.26 Å². The molecule has 1 aromatic carbocycles. The van der Waals surface area contributed by atoms with Crippen molar-refractivity contribution in [2.24, 2.45) is 0 Å². The van der Waals surface area contributed by atoms with Crippen molar-refractivity contribution < 1.29 is 19.1 Å². The molecule has 1 N–H and O–H groups in total. The van der Waals surface area contributed by atoms with Crippen LogP contribution in [0.25, 0.3) is 11.1 Å². The summed E-state index contributed by atoms with van der Waals surface area (Å²) in [5.74, 6) is -1.23. The summed E-state index contributed by atoms with van der Waals surface area (Å²) in [6.45, 7) is 3.08. The quantitative estimate of drug-likeness (QED) is 0.264. The average molecular weight is 500 g/mol. The van der Waals surface area contributed by atoms with Crippen molar-refractivity contribution in [2.45, 2.75) is 18.9 Å². The molecule has 1 amide bonds. The largest absolute Gasteiger partial charge is 0.465 e. The molecule has 0 saturated heterocycles. The molecule has 0 aliphatic carbocycles. The molecule has 10 heteroatoms. The maximum Gasteiger partial charge on any atom is 0.341 e. The SMILES string of the molecule is COC(=O)c1c(-c2ccccc2Cl)csc1NC(=O)CSc1nc(C)c(C(C)=O)cc1C#N. The number of hydrogen-bond donors (Lipinski definition) is 1. The van der Waals surface area contributed by atoms with Crippen molar-refractivity contribution in [1.29, 1.82) is 5.26 Å². The van der Waals surface area contributed by atoms with Gasteiger partial charge in [-0.3, -0.25) is 9.59 Å². The summed E-state index contributed by atoms with van der Waals surface area (Å²) in [5.41, 5.74) is 2.50. The Kier molecular flexibility index (Phi) is 7.87. The van der Waals surface area contributed by atoms with Gasteiger partial charge in [-0.05, 0) is 26.0 Å². The highest BCUT2D eigenvalue weighted by Gasteiger charge is 2.23. The molecule has 3 rings (SSSR count). The van der Waals surface area contributed by atoms with Crippen LogP contribution in [0.1, 0.15) is 38.9 Å². The van der Waals surface area contributed by atoms with Crippen LogP contribution in [-0.2, 0) is 9.53 Å². The Morgan fingerprint density at radius 1 is 1.27 bits per heavy atom. The van der Waals surface area contributed by atoms with Gasteiger partial charge in [0.25, 0.3) is 0 Å². The number of pyridine rings is 1. The number of methoxy groups -OCH3 is 1. The zero-order chi connectivity index (χ0) is 24.1. The van der Waals surface area contributed by atoms with Gasteiger partial charge in [-0.15, -0.1) is 11.3 Å². The van der Waals surface area contributed by atoms with Crippen LogP contribution in [-0.4, -0.2) is 35.5 Å². The number of aromatic nitrogens is 1. The standard InChI is InChI=1S/C23H18ClN3O4S2/c1-12-16(13(2)28)8-14(9-25)21(26-12)33-11-19(29)27-22-20(23(30)31-3)17(10-32-22)15-6-4-5-7-18(15)24/h4-8,10H,11H2,1-3H3,(H,27,29). The summed E-state index contributed by atoms with van der Waals surface area (Å²) in [7, 11) is 1.26. The minimum absolute atomic E-state index is 0.0551. The highest BCUT2D eigenvalue weighted by atomic mass is 35.5. The lowest BCUT2D eigenvalue weighted by atomic mass is 10.0. The Morgan fingerprint density at radius 3 is 2.64 bits per heavy atom. The Bertz CT molecular complexity index is 1300. The fourth-order valence-corrected chi connectivity index (χ4v) is 5.06. The first kappa shape index (κ1) is 24.5. The average Bonchev–Trinajstić information content (AvgIpc) is 3.20. The summed E-state index contributed by atoms with van der Waals surface area (Å²) in [4.78, 5) is 41.1. The van der Waals surface area contributed by atoms with Crippen molar-refractivity contribution in [1.82, 2.24) is 4.98 Å². The fraction of sp³-hybridized carbons (Fsp3) is 0.174. The third-order valence-electron chi connectivity index (χ3n) is 4.62. The van der Waals surface area contributed by atoms with Crippen LogP contribution >= 0.6 is 34.7 Å². The molecule has 33 heavy (non-hydrogen) atoms. The Balaban J connectivity index is 1.83. The maximum absolute atomic E-state index is 12.7. The number of nitrogens with one attached hydrogen (secondary N) is 1. The summed E-state index contributed by atoms with van der Waals surface area (Å²) in [6, 6.07) is 10.6. The first-order valence-electron chi connectivity index (χ1n) is 9.56. The first-order valence-corrected chi connectivity index (χ1v) is 11.8. The number of thioether (sulfide) groups is 1. The number of benzene rings is 1. The number of ether oxygens (including phenoxy) is 1. The highest BCUT2D eigenvalue weighted by Crippen LogP contribution is 2.39. The van der Waals surface area contributed by atoms with Gasteiger partial charge < -0.3 is 10.1 Å². The van der Waals surface area contributed by atoms with E-state index >= 15 is 0 Å². The third-order valence-corrected chi connectivity index (χ3v) is 6.83. The molecule has 7 nitrogen and oxygen atoms in total. The number of thiophene rings is 1. The molecular weight excluding hydrogens is 482 g/mol. The number of rotatable bonds is 7. The fourth-order valence-electron chi connectivity index (χ4n) is 3.06. The second-order valence-electron chi connectivity index (χ2n) is 6.80. The number of carbonyl (C=O) groups is 3. The number of ketones is 1. The number of hydrogen-bond acceptors (Lipinski definition) is 8. The van der Waals surface area contributed by atoms with E-state index in [-0.39, 0.29) is 22.7 Å². The van der Waals surface area contributed by atoms with Gasteiger partial charge >= 0.3 is 5.97 Å². The summed E-state index contributed by atoms with van der Waals surface area (Å²) in [5, 5.41) is 15.0. The molecule has 0 aliphatic heterocycles. The number of Topliss-reactive ketones (excluding diaryl/α,β-unsaturated/α-hetero) is 1. The van der Waals surface area contributed by atoms with E-state index in [1.165, 1.54) is 31.4 Å². The molecule has 0 atom stereocenters. The van der Waals surface area contributed by atoms with Crippen molar-refractivity contribution in [2.75, 3.05) is 18.2 Å².